The Morgan fingerprint density at radius 3 is 3.20 bits per heavy atom. The fourth-order valence-electron chi connectivity index (χ4n) is 2.31. The summed E-state index contributed by atoms with van der Waals surface area (Å²) in [6.45, 7) is 1.11. The number of aromatic nitrogens is 1. The second kappa shape index (κ2) is 3.66. The summed E-state index contributed by atoms with van der Waals surface area (Å²) in [6, 6.07) is 6.61. The molecule has 0 aliphatic carbocycles. The van der Waals surface area contributed by atoms with Crippen LogP contribution in [0.4, 0.5) is 0 Å². The summed E-state index contributed by atoms with van der Waals surface area (Å²) in [6.07, 6.45) is 5.31. The van der Waals surface area contributed by atoms with Gasteiger partial charge in [0.15, 0.2) is 12.0 Å². The molecular formula is C12H14N2O. The maximum absolute atomic E-state index is 5.31. The Hall–Kier alpha value is -1.35. The average molecular weight is 202 g/mol. The van der Waals surface area contributed by atoms with Crippen LogP contribution in [0, 0.1) is 0 Å². The maximum atomic E-state index is 5.31. The summed E-state index contributed by atoms with van der Waals surface area (Å²) in [5.41, 5.74) is 3.18. The molecule has 0 radical (unpaired) electrons. The molecule has 1 fully saturated rings. The smallest absolute Gasteiger partial charge is 0.181 e. The van der Waals surface area contributed by atoms with Crippen molar-refractivity contribution in [2.24, 2.45) is 0 Å². The minimum Gasteiger partial charge on any atom is -0.443 e. The molecule has 2 heterocycles. The third-order valence-electron chi connectivity index (χ3n) is 3.08. The monoisotopic (exact) mass is 202 g/mol. The first-order valence-corrected chi connectivity index (χ1v) is 5.50. The van der Waals surface area contributed by atoms with E-state index in [1.807, 2.05) is 12.1 Å². The third kappa shape index (κ3) is 1.53. The first-order chi connectivity index (χ1) is 7.45. The maximum Gasteiger partial charge on any atom is 0.181 e. The average Bonchev–Trinajstić information content (AvgIpc) is 2.78. The number of oxazole rings is 1. The molecule has 15 heavy (non-hydrogen) atoms. The number of fused-ring (bicyclic) bond motifs is 1. The van der Waals surface area contributed by atoms with Crippen LogP contribution in [-0.2, 0) is 0 Å². The van der Waals surface area contributed by atoms with Crippen LogP contribution in [0.25, 0.3) is 11.1 Å². The zero-order valence-corrected chi connectivity index (χ0v) is 8.57. The van der Waals surface area contributed by atoms with Gasteiger partial charge < -0.3 is 9.73 Å². The van der Waals surface area contributed by atoms with Crippen molar-refractivity contribution in [2.45, 2.75) is 25.3 Å². The van der Waals surface area contributed by atoms with Crippen molar-refractivity contribution >= 4 is 11.1 Å². The highest BCUT2D eigenvalue weighted by Gasteiger charge is 2.18. The Balaban J connectivity index is 2.05. The highest BCUT2D eigenvalue weighted by molar-refractivity contribution is 5.76. The summed E-state index contributed by atoms with van der Waals surface area (Å²) in [4.78, 5) is 4.29. The van der Waals surface area contributed by atoms with E-state index in [1.54, 1.807) is 0 Å². The molecule has 0 saturated carbocycles. The van der Waals surface area contributed by atoms with Crippen molar-refractivity contribution in [1.82, 2.24) is 10.3 Å². The fourth-order valence-corrected chi connectivity index (χ4v) is 2.31. The molecule has 1 aromatic heterocycles. The van der Waals surface area contributed by atoms with Gasteiger partial charge in [0, 0.05) is 6.04 Å². The van der Waals surface area contributed by atoms with Gasteiger partial charge in [-0.25, -0.2) is 4.98 Å². The van der Waals surface area contributed by atoms with Crippen molar-refractivity contribution in [3.8, 4) is 0 Å². The molecule has 3 heteroatoms. The predicted molar refractivity (Wildman–Crippen MR) is 58.6 cm³/mol. The van der Waals surface area contributed by atoms with Crippen molar-refractivity contribution < 1.29 is 4.42 Å². The van der Waals surface area contributed by atoms with E-state index in [2.05, 4.69) is 16.4 Å². The van der Waals surface area contributed by atoms with Crippen molar-refractivity contribution in [3.05, 3.63) is 30.2 Å². The highest BCUT2D eigenvalue weighted by Crippen LogP contribution is 2.28. The van der Waals surface area contributed by atoms with E-state index >= 15 is 0 Å². The van der Waals surface area contributed by atoms with Crippen molar-refractivity contribution in [2.75, 3.05) is 6.54 Å². The molecule has 0 bridgehead atoms. The molecule has 1 aliphatic rings. The van der Waals surface area contributed by atoms with E-state index in [0.717, 1.165) is 17.6 Å². The van der Waals surface area contributed by atoms with Crippen molar-refractivity contribution in [1.29, 1.82) is 0 Å². The highest BCUT2D eigenvalue weighted by atomic mass is 16.3. The van der Waals surface area contributed by atoms with Crippen LogP contribution < -0.4 is 5.32 Å². The summed E-state index contributed by atoms with van der Waals surface area (Å²) >= 11 is 0. The number of benzene rings is 1. The Kier molecular flexibility index (Phi) is 2.18. The van der Waals surface area contributed by atoms with Gasteiger partial charge >= 0.3 is 0 Å². The quantitative estimate of drug-likeness (QED) is 0.772. The summed E-state index contributed by atoms with van der Waals surface area (Å²) < 4.78 is 5.31. The van der Waals surface area contributed by atoms with Gasteiger partial charge in [0.1, 0.15) is 5.52 Å². The van der Waals surface area contributed by atoms with Gasteiger partial charge in [0.25, 0.3) is 0 Å². The van der Waals surface area contributed by atoms with Crippen LogP contribution in [0.15, 0.2) is 29.0 Å². The van der Waals surface area contributed by atoms with E-state index in [4.69, 9.17) is 4.42 Å². The Morgan fingerprint density at radius 1 is 1.33 bits per heavy atom. The Morgan fingerprint density at radius 2 is 2.33 bits per heavy atom. The molecule has 2 aromatic rings. The first kappa shape index (κ1) is 8.92. The number of nitrogens with zero attached hydrogens (tertiary/aromatic N) is 1. The summed E-state index contributed by atoms with van der Waals surface area (Å²) in [5.74, 6) is 0. The molecule has 3 nitrogen and oxygen atoms in total. The molecule has 78 valence electrons. The summed E-state index contributed by atoms with van der Waals surface area (Å²) in [7, 11) is 0. The minimum atomic E-state index is 0.451. The Bertz CT molecular complexity index is 457. The number of rotatable bonds is 1. The molecule has 1 aliphatic heterocycles. The van der Waals surface area contributed by atoms with Gasteiger partial charge in [0.2, 0.25) is 0 Å². The van der Waals surface area contributed by atoms with Gasteiger partial charge in [-0.3, -0.25) is 0 Å². The van der Waals surface area contributed by atoms with Gasteiger partial charge in [0.05, 0.1) is 0 Å². The molecule has 1 atom stereocenters. The van der Waals surface area contributed by atoms with E-state index in [9.17, 15) is 0 Å². The topological polar surface area (TPSA) is 38.1 Å². The predicted octanol–water partition coefficient (Wildman–Crippen LogP) is 2.64. The standard InChI is InChI=1S/C12H14N2O/c1-2-7-13-10(5-1)9-4-3-6-11-12(9)14-8-15-11/h3-4,6,8,10,13H,1-2,5,7H2. The van der Waals surface area contributed by atoms with Crippen LogP contribution in [-0.4, -0.2) is 11.5 Å². The lowest BCUT2D eigenvalue weighted by molar-refractivity contribution is 0.414. The molecule has 0 spiro atoms. The molecular weight excluding hydrogens is 188 g/mol. The minimum absolute atomic E-state index is 0.451. The lowest BCUT2D eigenvalue weighted by Gasteiger charge is -2.23. The first-order valence-electron chi connectivity index (χ1n) is 5.50. The van der Waals surface area contributed by atoms with Crippen LogP contribution in [0.5, 0.6) is 0 Å². The largest absolute Gasteiger partial charge is 0.443 e. The van der Waals surface area contributed by atoms with E-state index in [0.29, 0.717) is 6.04 Å². The van der Waals surface area contributed by atoms with E-state index in [1.165, 1.54) is 31.2 Å². The fraction of sp³-hybridized carbons (Fsp3) is 0.417. The Labute approximate surface area is 88.5 Å². The molecule has 1 aromatic carbocycles. The normalized spacial score (nSPS) is 22.0. The SMILES string of the molecule is c1cc(C2CCCCN2)c2ncoc2c1. The van der Waals surface area contributed by atoms with Crippen molar-refractivity contribution in [3.63, 3.8) is 0 Å². The zero-order valence-electron chi connectivity index (χ0n) is 8.57. The lowest BCUT2D eigenvalue weighted by atomic mass is 9.97. The number of nitrogens with one attached hydrogen (secondary N) is 1. The van der Waals surface area contributed by atoms with Crippen LogP contribution in [0.3, 0.4) is 0 Å². The number of para-hydroxylation sites is 1. The number of piperidine rings is 1. The summed E-state index contributed by atoms with van der Waals surface area (Å²) in [5, 5.41) is 3.54. The van der Waals surface area contributed by atoms with E-state index < -0.39 is 0 Å². The second-order valence-electron chi connectivity index (χ2n) is 4.05. The molecule has 1 unspecified atom stereocenters. The van der Waals surface area contributed by atoms with Gasteiger partial charge in [-0.1, -0.05) is 18.6 Å². The van der Waals surface area contributed by atoms with Gasteiger partial charge in [-0.15, -0.1) is 0 Å². The lowest BCUT2D eigenvalue weighted by Crippen LogP contribution is -2.26. The number of hydrogen-bond acceptors (Lipinski definition) is 3. The third-order valence-corrected chi connectivity index (χ3v) is 3.08. The molecule has 1 saturated heterocycles. The van der Waals surface area contributed by atoms with Gasteiger partial charge in [-0.2, -0.15) is 0 Å². The van der Waals surface area contributed by atoms with Gasteiger partial charge in [-0.05, 0) is 31.0 Å². The molecule has 0 amide bonds. The van der Waals surface area contributed by atoms with Crippen LogP contribution >= 0.6 is 0 Å². The molecule has 3 rings (SSSR count). The zero-order chi connectivity index (χ0) is 10.1. The van der Waals surface area contributed by atoms with E-state index in [-0.39, 0.29) is 0 Å². The van der Waals surface area contributed by atoms with Crippen LogP contribution in [0.2, 0.25) is 0 Å². The second-order valence-corrected chi connectivity index (χ2v) is 4.05. The number of hydrogen-bond donors (Lipinski definition) is 1. The molecule has 1 N–H and O–H groups in total. The van der Waals surface area contributed by atoms with Crippen LogP contribution in [0.1, 0.15) is 30.9 Å².